The number of hydrogen-bond acceptors (Lipinski definition) is 5. The van der Waals surface area contributed by atoms with Gasteiger partial charge in [0.05, 0.1) is 19.4 Å². The van der Waals surface area contributed by atoms with Gasteiger partial charge < -0.3 is 24.7 Å². The van der Waals surface area contributed by atoms with E-state index in [-0.39, 0.29) is 12.0 Å². The Hall–Kier alpha value is -1.47. The Morgan fingerprint density at radius 3 is 2.11 bits per heavy atom. The van der Waals surface area contributed by atoms with E-state index in [4.69, 9.17) is 20.0 Å². The molecule has 0 aliphatic carbocycles. The second-order valence-electron chi connectivity index (χ2n) is 3.34. The molecule has 8 nitrogen and oxygen atoms in total. The SMILES string of the molecule is C=C(CC(O)CP(=O)(O)O)C(=O)OC.C=CC(=O)O. The summed E-state index contributed by atoms with van der Waals surface area (Å²) in [7, 11) is -3.10. The molecule has 0 aliphatic heterocycles. The molecule has 1 unspecified atom stereocenters. The van der Waals surface area contributed by atoms with Crippen molar-refractivity contribution in [2.75, 3.05) is 13.3 Å². The van der Waals surface area contributed by atoms with Gasteiger partial charge in [0.1, 0.15) is 0 Å². The van der Waals surface area contributed by atoms with Gasteiger partial charge in [-0.15, -0.1) is 0 Å². The molecule has 0 radical (unpaired) electrons. The van der Waals surface area contributed by atoms with E-state index in [2.05, 4.69) is 17.9 Å². The fraction of sp³-hybridized carbons (Fsp3) is 0.400. The van der Waals surface area contributed by atoms with Gasteiger partial charge in [-0.05, 0) is 0 Å². The van der Waals surface area contributed by atoms with Crippen molar-refractivity contribution in [3.63, 3.8) is 0 Å². The van der Waals surface area contributed by atoms with E-state index < -0.39 is 31.8 Å². The maximum Gasteiger partial charge on any atom is 0.333 e. The van der Waals surface area contributed by atoms with Crippen molar-refractivity contribution in [2.24, 2.45) is 0 Å². The molecule has 0 rings (SSSR count). The van der Waals surface area contributed by atoms with Crippen LogP contribution in [0, 0.1) is 0 Å². The average Bonchev–Trinajstić information content (AvgIpc) is 2.25. The number of rotatable bonds is 6. The molecule has 1 atom stereocenters. The monoisotopic (exact) mass is 296 g/mol. The van der Waals surface area contributed by atoms with Gasteiger partial charge in [0.2, 0.25) is 0 Å². The quantitative estimate of drug-likeness (QED) is 0.302. The molecule has 0 saturated heterocycles. The second kappa shape index (κ2) is 9.46. The number of aliphatic carboxylic acids is 1. The van der Waals surface area contributed by atoms with E-state index in [9.17, 15) is 14.2 Å². The van der Waals surface area contributed by atoms with E-state index in [1.54, 1.807) is 0 Å². The summed E-state index contributed by atoms with van der Waals surface area (Å²) in [6, 6.07) is 0. The summed E-state index contributed by atoms with van der Waals surface area (Å²) < 4.78 is 14.8. The number of esters is 1. The molecular weight excluding hydrogens is 279 g/mol. The van der Waals surface area contributed by atoms with Crippen molar-refractivity contribution in [3.8, 4) is 0 Å². The minimum atomic E-state index is -4.26. The van der Waals surface area contributed by atoms with Crippen molar-refractivity contribution in [1.82, 2.24) is 0 Å². The Morgan fingerprint density at radius 2 is 1.84 bits per heavy atom. The molecule has 0 aromatic heterocycles. The third-order valence-electron chi connectivity index (χ3n) is 1.58. The fourth-order valence-electron chi connectivity index (χ4n) is 0.851. The predicted octanol–water partition coefficient (Wildman–Crippen LogP) is -0.0987. The highest BCUT2D eigenvalue weighted by Gasteiger charge is 2.21. The molecule has 0 aromatic carbocycles. The zero-order valence-corrected chi connectivity index (χ0v) is 11.2. The topological polar surface area (TPSA) is 141 Å². The third-order valence-corrected chi connectivity index (χ3v) is 2.48. The summed E-state index contributed by atoms with van der Waals surface area (Å²) in [5.41, 5.74) is -0.0200. The Balaban J connectivity index is 0. The maximum absolute atomic E-state index is 10.8. The van der Waals surface area contributed by atoms with Crippen LogP contribution >= 0.6 is 7.60 Å². The largest absolute Gasteiger partial charge is 0.478 e. The number of carbonyl (C=O) groups excluding carboxylic acids is 1. The number of carbonyl (C=O) groups is 2. The summed E-state index contributed by atoms with van der Waals surface area (Å²) in [6.07, 6.45) is -1.36. The molecule has 0 fully saturated rings. The smallest absolute Gasteiger partial charge is 0.333 e. The normalized spacial score (nSPS) is 11.6. The summed E-state index contributed by atoms with van der Waals surface area (Å²) >= 11 is 0. The highest BCUT2D eigenvalue weighted by Crippen LogP contribution is 2.35. The van der Waals surface area contributed by atoms with Crippen LogP contribution in [0.15, 0.2) is 24.8 Å². The van der Waals surface area contributed by atoms with Gasteiger partial charge in [-0.3, -0.25) is 4.57 Å². The number of ether oxygens (including phenoxy) is 1. The number of hydrogen-bond donors (Lipinski definition) is 4. The van der Waals surface area contributed by atoms with Gasteiger partial charge in [0.15, 0.2) is 0 Å². The lowest BCUT2D eigenvalue weighted by Crippen LogP contribution is -2.17. The summed E-state index contributed by atoms with van der Waals surface area (Å²) in [4.78, 5) is 37.0. The number of methoxy groups -OCH3 is 1. The second-order valence-corrected chi connectivity index (χ2v) is 5.04. The lowest BCUT2D eigenvalue weighted by molar-refractivity contribution is -0.136. The van der Waals surface area contributed by atoms with E-state index >= 15 is 0 Å². The number of aliphatic hydroxyl groups is 1. The van der Waals surface area contributed by atoms with Crippen LogP contribution in [0.25, 0.3) is 0 Å². The Bertz CT molecular complexity index is 383. The summed E-state index contributed by atoms with van der Waals surface area (Å²) in [5, 5.41) is 16.7. The first-order valence-electron chi connectivity index (χ1n) is 4.87. The van der Waals surface area contributed by atoms with Gasteiger partial charge in [-0.25, -0.2) is 9.59 Å². The van der Waals surface area contributed by atoms with E-state index in [1.807, 2.05) is 0 Å². The van der Waals surface area contributed by atoms with Gasteiger partial charge in [0.25, 0.3) is 0 Å². The lowest BCUT2D eigenvalue weighted by atomic mass is 10.1. The molecule has 0 bridgehead atoms. The zero-order chi connectivity index (χ0) is 15.6. The Kier molecular flexibility index (Phi) is 9.89. The highest BCUT2D eigenvalue weighted by atomic mass is 31.2. The van der Waals surface area contributed by atoms with Gasteiger partial charge in [-0.2, -0.15) is 0 Å². The van der Waals surface area contributed by atoms with Crippen LogP contribution < -0.4 is 0 Å². The van der Waals surface area contributed by atoms with Gasteiger partial charge in [-0.1, -0.05) is 13.2 Å². The maximum atomic E-state index is 10.8. The van der Waals surface area contributed by atoms with Crippen LogP contribution in [0.3, 0.4) is 0 Å². The molecule has 0 saturated carbocycles. The first kappa shape index (κ1) is 19.9. The molecule has 4 N–H and O–H groups in total. The molecule has 0 aliphatic rings. The van der Waals surface area contributed by atoms with Crippen LogP contribution in [0.5, 0.6) is 0 Å². The van der Waals surface area contributed by atoms with Gasteiger partial charge >= 0.3 is 19.5 Å². The first-order chi connectivity index (χ1) is 8.53. The average molecular weight is 296 g/mol. The molecule has 9 heteroatoms. The summed E-state index contributed by atoms with van der Waals surface area (Å²) in [5.74, 6) is -1.68. The van der Waals surface area contributed by atoms with E-state index in [0.717, 1.165) is 13.2 Å². The fourth-order valence-corrected chi connectivity index (χ4v) is 1.53. The van der Waals surface area contributed by atoms with Crippen LogP contribution in [-0.2, 0) is 18.9 Å². The van der Waals surface area contributed by atoms with Crippen LogP contribution in [0.4, 0.5) is 0 Å². The number of carboxylic acid groups (broad SMARTS) is 1. The summed E-state index contributed by atoms with van der Waals surface area (Å²) in [6.45, 7) is 6.27. The van der Waals surface area contributed by atoms with Crippen LogP contribution in [0.1, 0.15) is 6.42 Å². The number of aliphatic hydroxyl groups excluding tert-OH is 1. The minimum Gasteiger partial charge on any atom is -0.478 e. The zero-order valence-electron chi connectivity index (χ0n) is 10.4. The molecule has 19 heavy (non-hydrogen) atoms. The van der Waals surface area contributed by atoms with Crippen molar-refractivity contribution in [1.29, 1.82) is 0 Å². The first-order valence-corrected chi connectivity index (χ1v) is 6.67. The van der Waals surface area contributed by atoms with E-state index in [0.29, 0.717) is 0 Å². The Morgan fingerprint density at radius 1 is 1.42 bits per heavy atom. The Labute approximate surface area is 110 Å². The van der Waals surface area contributed by atoms with Crippen LogP contribution in [-0.4, -0.2) is 51.3 Å². The molecule has 0 aromatic rings. The van der Waals surface area contributed by atoms with Crippen molar-refractivity contribution >= 4 is 19.5 Å². The van der Waals surface area contributed by atoms with Crippen LogP contribution in [0.2, 0.25) is 0 Å². The third kappa shape index (κ3) is 14.5. The van der Waals surface area contributed by atoms with E-state index in [1.165, 1.54) is 0 Å². The molecular formula is C10H17O8P. The van der Waals surface area contributed by atoms with Crippen molar-refractivity contribution in [3.05, 3.63) is 24.8 Å². The molecule has 110 valence electrons. The predicted molar refractivity (Wildman–Crippen MR) is 66.5 cm³/mol. The molecule has 0 amide bonds. The lowest BCUT2D eigenvalue weighted by Gasteiger charge is -2.11. The minimum absolute atomic E-state index is 0.0200. The van der Waals surface area contributed by atoms with Crippen molar-refractivity contribution in [2.45, 2.75) is 12.5 Å². The van der Waals surface area contributed by atoms with Gasteiger partial charge in [0, 0.05) is 18.1 Å². The van der Waals surface area contributed by atoms with Crippen molar-refractivity contribution < 1.29 is 38.9 Å². The molecule has 0 heterocycles. The molecule has 0 spiro atoms. The standard InChI is InChI=1S/C7H13O6P.C3H4O2/c1-5(7(9)13-2)3-6(8)4-14(10,11)12;1-2-3(4)5/h6,8H,1,3-4H2,2H3,(H2,10,11,12);2H,1H2,(H,4,5). The number of carboxylic acids is 1. The highest BCUT2D eigenvalue weighted by molar-refractivity contribution is 7.51.